The van der Waals surface area contributed by atoms with Gasteiger partial charge in [-0.1, -0.05) is 182 Å². The molecule has 0 aromatic carbocycles. The van der Waals surface area contributed by atoms with E-state index in [4.69, 9.17) is 14.2 Å². The summed E-state index contributed by atoms with van der Waals surface area (Å²) in [5, 5.41) is 9.66. The van der Waals surface area contributed by atoms with Gasteiger partial charge in [-0.15, -0.1) is 0 Å². The molecule has 0 fully saturated rings. The summed E-state index contributed by atoms with van der Waals surface area (Å²) in [6, 6.07) is -0.627. The number of aliphatic carboxylic acids is 1. The van der Waals surface area contributed by atoms with Crippen molar-refractivity contribution in [3.05, 3.63) is 97.2 Å². The van der Waals surface area contributed by atoms with Gasteiger partial charge in [0.25, 0.3) is 0 Å². The lowest BCUT2D eigenvalue weighted by atomic mass is 10.1. The van der Waals surface area contributed by atoms with E-state index in [9.17, 15) is 19.5 Å². The summed E-state index contributed by atoms with van der Waals surface area (Å²) in [4.78, 5) is 37.2. The number of nitrogens with zero attached hydrogens (tertiary/aromatic N) is 1. The number of unbranched alkanes of at least 4 members (excludes halogenated alkanes) is 16. The first-order chi connectivity index (χ1) is 32.1. The van der Waals surface area contributed by atoms with Crippen molar-refractivity contribution in [2.24, 2.45) is 0 Å². The maximum absolute atomic E-state index is 12.8. The Morgan fingerprint density at radius 3 is 1.26 bits per heavy atom. The molecule has 0 radical (unpaired) electrons. The van der Waals surface area contributed by atoms with Gasteiger partial charge in [-0.05, 0) is 96.3 Å². The molecule has 376 valence electrons. The largest absolute Gasteiger partial charge is 0.477 e. The predicted octanol–water partition coefficient (Wildman–Crippen LogP) is 15.4. The summed E-state index contributed by atoms with van der Waals surface area (Å²) in [6.45, 7) is 4.56. The SMILES string of the molecule is CC/C=C/C/C=C/C/C=C/C/C=C/C/C=C/CCCCCCC(=O)OC(COCCC(C(=O)O)[N+](C)(C)C)COC(=O)CCCCCCCCCCC/C=C/C/C=C/C/C=C/CCCCC. The van der Waals surface area contributed by atoms with Crippen molar-refractivity contribution in [1.82, 2.24) is 0 Å². The monoisotopic (exact) mass is 921 g/mol. The summed E-state index contributed by atoms with van der Waals surface area (Å²) in [5.41, 5.74) is 0. The minimum atomic E-state index is -0.883. The molecule has 0 aliphatic carbocycles. The van der Waals surface area contributed by atoms with Crippen LogP contribution in [0.2, 0.25) is 0 Å². The molecular weight excluding hydrogens is 823 g/mol. The standard InChI is InChI=1S/C58H97NO7/c1-6-8-10-12-14-16-18-20-22-24-26-28-29-31-32-34-36-38-40-42-44-46-48-56(60)65-53-54(52-64-51-50-55(58(62)63)59(3,4)5)66-57(61)49-47-45-43-41-39-37-35-33-30-27-25-23-21-19-17-15-13-11-9-7-2/h9,11,14-17,20-23,26-28,30,35,37,54-55H,6-8,10,12-13,18-19,24-25,29,31-34,36,38-53H2,1-5H3/p+1/b11-9+,16-14+,17-15+,22-20+,23-21+,28-26+,30-27+,37-35+. The average molecular weight is 921 g/mol. The first-order valence-electron chi connectivity index (χ1n) is 26.3. The Bertz CT molecular complexity index is 1400. The van der Waals surface area contributed by atoms with Crippen molar-refractivity contribution >= 4 is 17.9 Å². The lowest BCUT2D eigenvalue weighted by Crippen LogP contribution is -2.50. The van der Waals surface area contributed by atoms with Crippen LogP contribution in [0, 0.1) is 0 Å². The van der Waals surface area contributed by atoms with Gasteiger partial charge in [0, 0.05) is 19.3 Å². The molecule has 2 atom stereocenters. The second-order valence-corrected chi connectivity index (χ2v) is 18.4. The van der Waals surface area contributed by atoms with Crippen LogP contribution >= 0.6 is 0 Å². The van der Waals surface area contributed by atoms with Gasteiger partial charge >= 0.3 is 17.9 Å². The van der Waals surface area contributed by atoms with Gasteiger partial charge in [-0.2, -0.15) is 0 Å². The zero-order valence-electron chi connectivity index (χ0n) is 42.9. The van der Waals surface area contributed by atoms with Crippen molar-refractivity contribution in [3.8, 4) is 0 Å². The van der Waals surface area contributed by atoms with E-state index in [0.29, 0.717) is 19.3 Å². The number of quaternary nitrogens is 1. The summed E-state index contributed by atoms with van der Waals surface area (Å²) in [5.74, 6) is -1.51. The highest BCUT2D eigenvalue weighted by molar-refractivity contribution is 5.72. The molecule has 0 aliphatic heterocycles. The third-order valence-corrected chi connectivity index (χ3v) is 11.2. The Morgan fingerprint density at radius 2 is 0.848 bits per heavy atom. The summed E-state index contributed by atoms with van der Waals surface area (Å²) in [6.07, 6.45) is 64.5. The van der Waals surface area contributed by atoms with Crippen molar-refractivity contribution in [1.29, 1.82) is 0 Å². The van der Waals surface area contributed by atoms with Crippen molar-refractivity contribution in [2.75, 3.05) is 41.0 Å². The van der Waals surface area contributed by atoms with Gasteiger partial charge in [0.1, 0.15) is 6.61 Å². The maximum atomic E-state index is 12.8. The highest BCUT2D eigenvalue weighted by Crippen LogP contribution is 2.14. The number of allylic oxidation sites excluding steroid dienone is 16. The molecule has 0 saturated carbocycles. The van der Waals surface area contributed by atoms with Crippen LogP contribution in [-0.2, 0) is 28.6 Å². The molecule has 8 nitrogen and oxygen atoms in total. The average Bonchev–Trinajstić information content (AvgIpc) is 3.28. The minimum Gasteiger partial charge on any atom is -0.477 e. The van der Waals surface area contributed by atoms with Gasteiger partial charge in [0.05, 0.1) is 34.4 Å². The number of likely N-dealkylation sites (N-methyl/N-ethyl adjacent to an activating group) is 1. The Kier molecular flexibility index (Phi) is 45.0. The fraction of sp³-hybridized carbons (Fsp3) is 0.672. The van der Waals surface area contributed by atoms with E-state index in [1.165, 1.54) is 64.2 Å². The van der Waals surface area contributed by atoms with Crippen LogP contribution in [0.25, 0.3) is 0 Å². The van der Waals surface area contributed by atoms with Gasteiger partial charge in [-0.3, -0.25) is 9.59 Å². The number of hydrogen-bond acceptors (Lipinski definition) is 6. The number of hydrogen-bond donors (Lipinski definition) is 1. The number of ether oxygens (including phenoxy) is 3. The molecule has 0 aromatic heterocycles. The number of rotatable bonds is 46. The number of carbonyl (C=O) groups is 3. The third-order valence-electron chi connectivity index (χ3n) is 11.2. The fourth-order valence-electron chi connectivity index (χ4n) is 7.18. The number of carboxylic acid groups (broad SMARTS) is 1. The van der Waals surface area contributed by atoms with Crippen molar-refractivity contribution in [2.45, 2.75) is 212 Å². The first kappa shape index (κ1) is 62.2. The lowest BCUT2D eigenvalue weighted by molar-refractivity contribution is -0.887. The van der Waals surface area contributed by atoms with E-state index in [2.05, 4.69) is 111 Å². The molecule has 0 heterocycles. The minimum absolute atomic E-state index is 0.0433. The Morgan fingerprint density at radius 1 is 0.470 bits per heavy atom. The van der Waals surface area contributed by atoms with E-state index < -0.39 is 18.1 Å². The van der Waals surface area contributed by atoms with Crippen molar-refractivity contribution in [3.63, 3.8) is 0 Å². The molecule has 0 aromatic rings. The van der Waals surface area contributed by atoms with Crippen LogP contribution in [0.4, 0.5) is 0 Å². The fourth-order valence-corrected chi connectivity index (χ4v) is 7.18. The van der Waals surface area contributed by atoms with Crippen LogP contribution in [-0.4, -0.2) is 80.6 Å². The maximum Gasteiger partial charge on any atom is 0.362 e. The van der Waals surface area contributed by atoms with Gasteiger partial charge in [0.2, 0.25) is 0 Å². The molecule has 0 bridgehead atoms. The summed E-state index contributed by atoms with van der Waals surface area (Å²) < 4.78 is 17.3. The normalized spacial score (nSPS) is 13.7. The van der Waals surface area contributed by atoms with Crippen LogP contribution in [0.3, 0.4) is 0 Å². The quantitative estimate of drug-likeness (QED) is 0.0281. The van der Waals surface area contributed by atoms with Gasteiger partial charge in [0.15, 0.2) is 12.1 Å². The van der Waals surface area contributed by atoms with E-state index in [1.54, 1.807) is 0 Å². The van der Waals surface area contributed by atoms with Crippen LogP contribution in [0.1, 0.15) is 200 Å². The van der Waals surface area contributed by atoms with Gasteiger partial charge < -0.3 is 23.8 Å². The topological polar surface area (TPSA) is 99.1 Å². The number of esters is 2. The molecule has 2 unspecified atom stereocenters. The van der Waals surface area contributed by atoms with E-state index >= 15 is 0 Å². The zero-order chi connectivity index (χ0) is 48.4. The molecule has 0 saturated heterocycles. The van der Waals surface area contributed by atoms with E-state index in [0.717, 1.165) is 103 Å². The number of carboxylic acids is 1. The molecule has 0 spiro atoms. The highest BCUT2D eigenvalue weighted by atomic mass is 16.6. The highest BCUT2D eigenvalue weighted by Gasteiger charge is 2.31. The summed E-state index contributed by atoms with van der Waals surface area (Å²) in [7, 11) is 5.52. The van der Waals surface area contributed by atoms with Crippen LogP contribution < -0.4 is 0 Å². The number of carbonyl (C=O) groups excluding carboxylic acids is 2. The molecule has 0 amide bonds. The Labute approximate surface area is 405 Å². The molecule has 0 aliphatic rings. The molecule has 0 rings (SSSR count). The third kappa shape index (κ3) is 45.4. The second kappa shape index (κ2) is 47.7. The van der Waals surface area contributed by atoms with Gasteiger partial charge in [-0.25, -0.2) is 4.79 Å². The zero-order valence-corrected chi connectivity index (χ0v) is 42.9. The van der Waals surface area contributed by atoms with Crippen LogP contribution in [0.5, 0.6) is 0 Å². The molecule has 66 heavy (non-hydrogen) atoms. The predicted molar refractivity (Wildman–Crippen MR) is 279 cm³/mol. The molecule has 1 N–H and O–H groups in total. The summed E-state index contributed by atoms with van der Waals surface area (Å²) >= 11 is 0. The van der Waals surface area contributed by atoms with Crippen LogP contribution in [0.15, 0.2) is 97.2 Å². The Hall–Kier alpha value is -3.75. The van der Waals surface area contributed by atoms with E-state index in [-0.39, 0.29) is 36.2 Å². The second-order valence-electron chi connectivity index (χ2n) is 18.4. The van der Waals surface area contributed by atoms with Crippen molar-refractivity contribution < 1.29 is 38.2 Å². The lowest BCUT2D eigenvalue weighted by Gasteiger charge is -2.31. The van der Waals surface area contributed by atoms with E-state index in [1.807, 2.05) is 21.1 Å². The molecule has 8 heteroatoms. The first-order valence-corrected chi connectivity index (χ1v) is 26.3. The molecular formula is C58H98NO7+. The smallest absolute Gasteiger partial charge is 0.362 e. The Balaban J connectivity index is 4.31.